The summed E-state index contributed by atoms with van der Waals surface area (Å²) in [4.78, 5) is 0. The van der Waals surface area contributed by atoms with Gasteiger partial charge in [0.25, 0.3) is 0 Å². The van der Waals surface area contributed by atoms with Crippen molar-refractivity contribution in [2.45, 2.75) is 0 Å². The first kappa shape index (κ1) is 13.8. The number of rotatable bonds is 3. The second kappa shape index (κ2) is 6.09. The van der Waals surface area contributed by atoms with Crippen molar-refractivity contribution >= 4 is 6.91 Å². The van der Waals surface area contributed by atoms with Crippen molar-refractivity contribution in [1.29, 1.82) is 0 Å². The Hall–Kier alpha value is -2.87. The van der Waals surface area contributed by atoms with E-state index in [0.717, 1.165) is 33.6 Å². The Morgan fingerprint density at radius 3 is 1.57 bits per heavy atom. The van der Waals surface area contributed by atoms with Gasteiger partial charge in [-0.05, 0) is 0 Å². The van der Waals surface area contributed by atoms with Crippen LogP contribution in [0.2, 0.25) is 0 Å². The molecular formula is C21H15BO. The quantitative estimate of drug-likeness (QED) is 0.478. The first-order valence-electron chi connectivity index (χ1n) is 7.72. The van der Waals surface area contributed by atoms with E-state index < -0.39 is 0 Å². The van der Waals surface area contributed by atoms with Gasteiger partial charge in [0.15, 0.2) is 0 Å². The summed E-state index contributed by atoms with van der Waals surface area (Å²) in [6, 6.07) is 30.9. The minimum absolute atomic E-state index is 0.892. The van der Waals surface area contributed by atoms with E-state index in [9.17, 15) is 0 Å². The molecule has 0 bridgehead atoms. The molecule has 0 unspecified atom stereocenters. The van der Waals surface area contributed by atoms with E-state index in [2.05, 4.69) is 55.4 Å². The van der Waals surface area contributed by atoms with Crippen LogP contribution in [-0.2, 0) is 0 Å². The first-order chi connectivity index (χ1) is 11.4. The number of benzene rings is 3. The molecule has 0 radical (unpaired) electrons. The van der Waals surface area contributed by atoms with Gasteiger partial charge in [-0.3, -0.25) is 0 Å². The van der Waals surface area contributed by atoms with Crippen LogP contribution < -0.4 is 0 Å². The molecule has 0 saturated heterocycles. The third kappa shape index (κ3) is 2.76. The van der Waals surface area contributed by atoms with Crippen molar-refractivity contribution < 1.29 is 4.42 Å². The topological polar surface area (TPSA) is 13.1 Å². The van der Waals surface area contributed by atoms with E-state index in [4.69, 9.17) is 4.42 Å². The maximum absolute atomic E-state index is 6.24. The standard InChI is InChI=1S/C21H15BO/c1-4-10-16(11-5-1)19-20(17-12-6-2-7-13-17)23-21(22-19)18-14-8-3-9-15-18/h1-15H. The molecule has 0 aliphatic heterocycles. The minimum atomic E-state index is 0.892. The maximum atomic E-state index is 6.24. The van der Waals surface area contributed by atoms with Crippen LogP contribution in [0.5, 0.6) is 0 Å². The van der Waals surface area contributed by atoms with E-state index in [1.54, 1.807) is 0 Å². The van der Waals surface area contributed by atoms with Gasteiger partial charge >= 0.3 is 136 Å². The predicted octanol–water partition coefficient (Wildman–Crippen LogP) is 5.62. The third-order valence-corrected chi connectivity index (χ3v) is 3.91. The van der Waals surface area contributed by atoms with Gasteiger partial charge in [0, 0.05) is 0 Å². The van der Waals surface area contributed by atoms with Gasteiger partial charge in [-0.15, -0.1) is 0 Å². The normalized spacial score (nSPS) is 10.4. The molecule has 3 aromatic carbocycles. The van der Waals surface area contributed by atoms with Crippen molar-refractivity contribution in [3.8, 4) is 33.6 Å². The zero-order valence-corrected chi connectivity index (χ0v) is 12.6. The number of hydrogen-bond donors (Lipinski definition) is 0. The van der Waals surface area contributed by atoms with Gasteiger partial charge < -0.3 is 0 Å². The van der Waals surface area contributed by atoms with Gasteiger partial charge in [-0.2, -0.15) is 0 Å². The van der Waals surface area contributed by atoms with Crippen molar-refractivity contribution in [1.82, 2.24) is 0 Å². The van der Waals surface area contributed by atoms with Gasteiger partial charge in [-0.25, -0.2) is 0 Å². The number of hydrogen-bond acceptors (Lipinski definition) is 1. The van der Waals surface area contributed by atoms with Crippen LogP contribution in [0.25, 0.3) is 33.6 Å². The van der Waals surface area contributed by atoms with E-state index in [1.165, 1.54) is 0 Å². The molecule has 0 N–H and O–H groups in total. The summed E-state index contributed by atoms with van der Waals surface area (Å²) < 4.78 is 6.24. The molecule has 0 atom stereocenters. The Morgan fingerprint density at radius 2 is 1.00 bits per heavy atom. The second-order valence-electron chi connectivity index (χ2n) is 5.45. The van der Waals surface area contributed by atoms with Crippen LogP contribution in [-0.4, -0.2) is 6.91 Å². The monoisotopic (exact) mass is 294 g/mol. The molecule has 4 aromatic rings. The molecular weight excluding hydrogens is 279 g/mol. The van der Waals surface area contributed by atoms with Gasteiger partial charge in [0.1, 0.15) is 0 Å². The SMILES string of the molecule is b1c(-c2ccccc2)oc(-c2ccccc2)c1-c1ccccc1. The molecule has 1 heterocycles. The van der Waals surface area contributed by atoms with Crippen molar-refractivity contribution in [3.63, 3.8) is 0 Å². The fourth-order valence-electron chi connectivity index (χ4n) is 2.77. The summed E-state index contributed by atoms with van der Waals surface area (Å²) in [5.41, 5.74) is 5.36. The molecule has 0 spiro atoms. The van der Waals surface area contributed by atoms with E-state index in [-0.39, 0.29) is 0 Å². The third-order valence-electron chi connectivity index (χ3n) is 3.91. The van der Waals surface area contributed by atoms with E-state index >= 15 is 0 Å². The predicted molar refractivity (Wildman–Crippen MR) is 96.4 cm³/mol. The molecule has 23 heavy (non-hydrogen) atoms. The van der Waals surface area contributed by atoms with Crippen LogP contribution in [0.4, 0.5) is 0 Å². The molecule has 0 amide bonds. The summed E-state index contributed by atoms with van der Waals surface area (Å²) in [6.45, 7) is 2.13. The summed E-state index contributed by atoms with van der Waals surface area (Å²) in [6.07, 6.45) is 0. The molecule has 108 valence electrons. The summed E-state index contributed by atoms with van der Waals surface area (Å²) in [5, 5.41) is 0. The molecule has 0 aliphatic rings. The van der Waals surface area contributed by atoms with Crippen molar-refractivity contribution in [2.24, 2.45) is 0 Å². The Labute approximate surface area is 136 Å². The molecule has 0 aliphatic carbocycles. The average molecular weight is 294 g/mol. The van der Waals surface area contributed by atoms with Gasteiger partial charge in [-0.1, -0.05) is 0 Å². The fourth-order valence-corrected chi connectivity index (χ4v) is 2.77. The Balaban J connectivity index is 1.91. The summed E-state index contributed by atoms with van der Waals surface area (Å²) >= 11 is 0. The van der Waals surface area contributed by atoms with Gasteiger partial charge in [0.2, 0.25) is 0 Å². The van der Waals surface area contributed by atoms with Crippen LogP contribution in [0, 0.1) is 0 Å². The van der Waals surface area contributed by atoms with Crippen LogP contribution in [0.1, 0.15) is 0 Å². The Morgan fingerprint density at radius 1 is 0.522 bits per heavy atom. The molecule has 1 aromatic heterocycles. The Bertz CT molecular complexity index is 840. The molecule has 0 saturated carbocycles. The zero-order chi connectivity index (χ0) is 15.5. The van der Waals surface area contributed by atoms with Crippen molar-refractivity contribution in [3.05, 3.63) is 91.0 Å². The van der Waals surface area contributed by atoms with Crippen molar-refractivity contribution in [2.75, 3.05) is 0 Å². The van der Waals surface area contributed by atoms with E-state index in [1.807, 2.05) is 42.5 Å². The fraction of sp³-hybridized carbons (Fsp3) is 0. The van der Waals surface area contributed by atoms with Crippen LogP contribution in [0.3, 0.4) is 0 Å². The van der Waals surface area contributed by atoms with Crippen LogP contribution >= 0.6 is 0 Å². The molecule has 0 fully saturated rings. The average Bonchev–Trinajstić information content (AvgIpc) is 3.09. The first-order valence-corrected chi connectivity index (χ1v) is 7.72. The zero-order valence-electron chi connectivity index (χ0n) is 12.6. The second-order valence-corrected chi connectivity index (χ2v) is 5.45. The Kier molecular flexibility index (Phi) is 3.65. The van der Waals surface area contributed by atoms with E-state index in [0.29, 0.717) is 0 Å². The molecule has 4 rings (SSSR count). The summed E-state index contributed by atoms with van der Waals surface area (Å²) in [7, 11) is 0. The van der Waals surface area contributed by atoms with Gasteiger partial charge in [0.05, 0.1) is 0 Å². The molecule has 2 heteroatoms. The molecule has 1 nitrogen and oxygen atoms in total. The van der Waals surface area contributed by atoms with Crippen LogP contribution in [0.15, 0.2) is 95.4 Å². The summed E-state index contributed by atoms with van der Waals surface area (Å²) in [5.74, 6) is 0.913.